The minimum Gasteiger partial charge on any atom is -0.394 e. The minimum absolute atomic E-state index is 0.129. The second-order valence-corrected chi connectivity index (χ2v) is 6.54. The van der Waals surface area contributed by atoms with Gasteiger partial charge in [-0.05, 0) is 58.9 Å². The van der Waals surface area contributed by atoms with Crippen molar-refractivity contribution in [3.63, 3.8) is 0 Å². The summed E-state index contributed by atoms with van der Waals surface area (Å²) in [5.74, 6) is 0. The van der Waals surface area contributed by atoms with E-state index in [0.29, 0.717) is 18.3 Å². The monoisotopic (exact) mass is 301 g/mol. The normalized spacial score (nSPS) is 29.3. The van der Waals surface area contributed by atoms with Crippen LogP contribution in [0.5, 0.6) is 0 Å². The number of aliphatic hydroxyl groups excluding tert-OH is 1. The lowest BCUT2D eigenvalue weighted by Crippen LogP contribution is -2.48. The van der Waals surface area contributed by atoms with Crippen LogP contribution in [0.4, 0.5) is 0 Å². The summed E-state index contributed by atoms with van der Waals surface area (Å²) in [5, 5.41) is 13.2. The highest BCUT2D eigenvalue weighted by Gasteiger charge is 2.27. The van der Waals surface area contributed by atoms with E-state index in [9.17, 15) is 5.11 Å². The molecule has 21 heavy (non-hydrogen) atoms. The van der Waals surface area contributed by atoms with Gasteiger partial charge < -0.3 is 19.9 Å². The predicted molar refractivity (Wildman–Crippen MR) is 86.6 cm³/mol. The quantitative estimate of drug-likeness (QED) is 0.609. The molecule has 126 valence electrons. The molecule has 0 aromatic heterocycles. The molecule has 1 fully saturated rings. The van der Waals surface area contributed by atoms with E-state index in [2.05, 4.69) is 33.0 Å². The van der Waals surface area contributed by atoms with Gasteiger partial charge in [-0.1, -0.05) is 13.8 Å². The number of nitrogens with one attached hydrogen (secondary N) is 1. The van der Waals surface area contributed by atoms with Gasteiger partial charge in [0, 0.05) is 12.1 Å². The maximum atomic E-state index is 9.70. The van der Waals surface area contributed by atoms with Gasteiger partial charge in [-0.2, -0.15) is 0 Å². The van der Waals surface area contributed by atoms with Gasteiger partial charge in [0.1, 0.15) is 0 Å². The van der Waals surface area contributed by atoms with Gasteiger partial charge in [-0.25, -0.2) is 0 Å². The summed E-state index contributed by atoms with van der Waals surface area (Å²) >= 11 is 0. The number of hydrogen-bond donors (Lipinski definition) is 2. The van der Waals surface area contributed by atoms with E-state index < -0.39 is 0 Å². The lowest BCUT2D eigenvalue weighted by Gasteiger charge is -2.34. The zero-order valence-corrected chi connectivity index (χ0v) is 14.4. The Balaban J connectivity index is 2.27. The van der Waals surface area contributed by atoms with E-state index in [0.717, 1.165) is 51.7 Å². The highest BCUT2D eigenvalue weighted by molar-refractivity contribution is 4.86. The third-order valence-electron chi connectivity index (χ3n) is 4.54. The molecule has 1 saturated heterocycles. The van der Waals surface area contributed by atoms with Gasteiger partial charge in [0.2, 0.25) is 0 Å². The Morgan fingerprint density at radius 1 is 1.24 bits per heavy atom. The summed E-state index contributed by atoms with van der Waals surface area (Å²) in [6.45, 7) is 10.5. The maximum Gasteiger partial charge on any atom is 0.0624 e. The number of ether oxygens (including phenoxy) is 2. The van der Waals surface area contributed by atoms with Crippen molar-refractivity contribution >= 4 is 0 Å². The first-order valence-electron chi connectivity index (χ1n) is 8.68. The largest absolute Gasteiger partial charge is 0.394 e. The topological polar surface area (TPSA) is 50.7 Å². The van der Waals surface area contributed by atoms with Crippen LogP contribution in [0, 0.1) is 0 Å². The van der Waals surface area contributed by atoms with E-state index in [1.165, 1.54) is 0 Å². The van der Waals surface area contributed by atoms with Crippen LogP contribution in [0.25, 0.3) is 0 Å². The van der Waals surface area contributed by atoms with E-state index >= 15 is 0 Å². The number of hydrogen-bond acceptors (Lipinski definition) is 4. The van der Waals surface area contributed by atoms with E-state index in [1.54, 1.807) is 0 Å². The minimum atomic E-state index is -0.129. The molecular formula is C17H35NO3. The van der Waals surface area contributed by atoms with E-state index in [4.69, 9.17) is 9.47 Å². The fourth-order valence-corrected chi connectivity index (χ4v) is 3.17. The molecule has 1 aliphatic heterocycles. The molecule has 0 aliphatic carbocycles. The summed E-state index contributed by atoms with van der Waals surface area (Å²) in [5.41, 5.74) is -0.129. The molecule has 3 unspecified atom stereocenters. The van der Waals surface area contributed by atoms with Crippen LogP contribution >= 0.6 is 0 Å². The summed E-state index contributed by atoms with van der Waals surface area (Å²) in [6.07, 6.45) is 6.94. The molecule has 0 aromatic rings. The fraction of sp³-hybridized carbons (Fsp3) is 1.00. The second-order valence-electron chi connectivity index (χ2n) is 6.54. The van der Waals surface area contributed by atoms with Crippen LogP contribution in [-0.2, 0) is 9.47 Å². The molecule has 0 saturated carbocycles. The molecule has 3 atom stereocenters. The van der Waals surface area contributed by atoms with Gasteiger partial charge in [0.05, 0.1) is 24.9 Å². The third kappa shape index (κ3) is 6.64. The van der Waals surface area contributed by atoms with Crippen LogP contribution < -0.4 is 5.32 Å². The molecular weight excluding hydrogens is 266 g/mol. The van der Waals surface area contributed by atoms with Crippen molar-refractivity contribution in [2.45, 2.75) is 90.1 Å². The Kier molecular flexibility index (Phi) is 8.79. The zero-order chi connectivity index (χ0) is 15.7. The highest BCUT2D eigenvalue weighted by atomic mass is 16.5. The van der Waals surface area contributed by atoms with Crippen molar-refractivity contribution in [2.24, 2.45) is 0 Å². The van der Waals surface area contributed by atoms with Crippen molar-refractivity contribution < 1.29 is 14.6 Å². The summed E-state index contributed by atoms with van der Waals surface area (Å²) in [6, 6.07) is 0. The molecule has 2 N–H and O–H groups in total. The molecule has 0 radical (unpaired) electrons. The lowest BCUT2D eigenvalue weighted by molar-refractivity contribution is -0.102. The summed E-state index contributed by atoms with van der Waals surface area (Å²) in [4.78, 5) is 0. The van der Waals surface area contributed by atoms with Crippen LogP contribution in [-0.4, -0.2) is 48.7 Å². The smallest absolute Gasteiger partial charge is 0.0624 e. The Labute approximate surface area is 130 Å². The highest BCUT2D eigenvalue weighted by Crippen LogP contribution is 2.23. The average molecular weight is 301 g/mol. The molecule has 4 heteroatoms. The van der Waals surface area contributed by atoms with Gasteiger partial charge in [0.15, 0.2) is 0 Å². The Morgan fingerprint density at radius 2 is 1.90 bits per heavy atom. The van der Waals surface area contributed by atoms with Crippen LogP contribution in [0.2, 0.25) is 0 Å². The molecule has 1 aliphatic rings. The molecule has 1 rings (SSSR count). The van der Waals surface area contributed by atoms with E-state index in [-0.39, 0.29) is 12.1 Å². The first kappa shape index (κ1) is 18.9. The Morgan fingerprint density at radius 3 is 2.43 bits per heavy atom. The molecule has 0 amide bonds. The number of rotatable bonds is 10. The lowest BCUT2D eigenvalue weighted by atomic mass is 9.91. The molecule has 0 aromatic carbocycles. The van der Waals surface area contributed by atoms with Gasteiger partial charge >= 0.3 is 0 Å². The van der Waals surface area contributed by atoms with Crippen molar-refractivity contribution in [1.82, 2.24) is 5.32 Å². The van der Waals surface area contributed by atoms with Crippen molar-refractivity contribution in [1.29, 1.82) is 0 Å². The first-order valence-corrected chi connectivity index (χ1v) is 8.68. The van der Waals surface area contributed by atoms with Gasteiger partial charge in [-0.15, -0.1) is 0 Å². The predicted octanol–water partition coefficient (Wildman–Crippen LogP) is 2.88. The number of aliphatic hydroxyl groups is 1. The Bertz CT molecular complexity index is 259. The summed E-state index contributed by atoms with van der Waals surface area (Å²) < 4.78 is 11.8. The van der Waals surface area contributed by atoms with Crippen LogP contribution in [0.1, 0.15) is 66.2 Å². The zero-order valence-electron chi connectivity index (χ0n) is 14.4. The van der Waals surface area contributed by atoms with Crippen molar-refractivity contribution in [3.8, 4) is 0 Å². The van der Waals surface area contributed by atoms with Crippen LogP contribution in [0.15, 0.2) is 0 Å². The SMILES string of the molecule is CCCNC(CC)(CO)CCCOC1CC(C)OC(C)C1. The van der Waals surface area contributed by atoms with Crippen molar-refractivity contribution in [3.05, 3.63) is 0 Å². The van der Waals surface area contributed by atoms with Gasteiger partial charge in [0.25, 0.3) is 0 Å². The van der Waals surface area contributed by atoms with Crippen LogP contribution in [0.3, 0.4) is 0 Å². The third-order valence-corrected chi connectivity index (χ3v) is 4.54. The fourth-order valence-electron chi connectivity index (χ4n) is 3.17. The second kappa shape index (κ2) is 9.78. The maximum absolute atomic E-state index is 9.70. The molecule has 0 bridgehead atoms. The summed E-state index contributed by atoms with van der Waals surface area (Å²) in [7, 11) is 0. The Hall–Kier alpha value is -0.160. The molecule has 4 nitrogen and oxygen atoms in total. The van der Waals surface area contributed by atoms with Gasteiger partial charge in [-0.3, -0.25) is 0 Å². The standard InChI is InChI=1S/C17H35NO3/c1-5-9-18-17(6-2,13-19)8-7-10-20-16-11-14(3)21-15(4)12-16/h14-16,18-19H,5-13H2,1-4H3. The van der Waals surface area contributed by atoms with E-state index in [1.807, 2.05) is 0 Å². The molecule has 0 spiro atoms. The average Bonchev–Trinajstić information content (AvgIpc) is 2.46. The first-order chi connectivity index (χ1) is 10.0. The van der Waals surface area contributed by atoms with Crippen molar-refractivity contribution in [2.75, 3.05) is 19.8 Å². The molecule has 1 heterocycles.